The molecule has 21 heavy (non-hydrogen) atoms. The third-order valence-corrected chi connectivity index (χ3v) is 3.63. The zero-order valence-electron chi connectivity index (χ0n) is 10.9. The van der Waals surface area contributed by atoms with Crippen molar-refractivity contribution < 1.29 is 19.0 Å². The number of carboxylic acids is 1. The number of halogens is 2. The molecule has 1 N–H and O–H groups in total. The summed E-state index contributed by atoms with van der Waals surface area (Å²) < 4.78 is 19.4. The van der Waals surface area contributed by atoms with Gasteiger partial charge >= 0.3 is 5.97 Å². The molecule has 5 heteroatoms. The van der Waals surface area contributed by atoms with Crippen molar-refractivity contribution in [2.45, 2.75) is 6.61 Å². The van der Waals surface area contributed by atoms with Crippen LogP contribution in [-0.2, 0) is 11.4 Å². The Bertz CT molecular complexity index is 683. The Morgan fingerprint density at radius 3 is 2.76 bits per heavy atom. The fourth-order valence-corrected chi connectivity index (χ4v) is 2.10. The molecule has 0 aromatic heterocycles. The van der Waals surface area contributed by atoms with E-state index in [1.165, 1.54) is 12.1 Å². The fraction of sp³-hybridized carbons (Fsp3) is 0.0625. The lowest BCUT2D eigenvalue weighted by Crippen LogP contribution is -1.99. The number of benzene rings is 2. The van der Waals surface area contributed by atoms with Crippen LogP contribution in [0.3, 0.4) is 0 Å². The number of carbonyl (C=O) groups is 1. The van der Waals surface area contributed by atoms with Crippen molar-refractivity contribution in [3.8, 4) is 5.75 Å². The lowest BCUT2D eigenvalue weighted by atomic mass is 10.2. The molecule has 2 aromatic rings. The molecular formula is C16H12BrFO3. The van der Waals surface area contributed by atoms with Crippen molar-refractivity contribution >= 4 is 28.0 Å². The average molecular weight is 351 g/mol. The van der Waals surface area contributed by atoms with Crippen molar-refractivity contribution in [3.05, 3.63) is 70.0 Å². The van der Waals surface area contributed by atoms with Gasteiger partial charge in [-0.25, -0.2) is 9.18 Å². The minimum Gasteiger partial charge on any atom is -0.488 e. The Morgan fingerprint density at radius 1 is 1.24 bits per heavy atom. The van der Waals surface area contributed by atoms with Crippen LogP contribution in [0.4, 0.5) is 4.39 Å². The molecule has 2 aromatic carbocycles. The summed E-state index contributed by atoms with van der Waals surface area (Å²) in [5.41, 5.74) is 1.32. The molecule has 0 atom stereocenters. The van der Waals surface area contributed by atoms with Crippen molar-refractivity contribution in [1.29, 1.82) is 0 Å². The highest BCUT2D eigenvalue weighted by Gasteiger charge is 2.07. The zero-order valence-corrected chi connectivity index (χ0v) is 12.5. The summed E-state index contributed by atoms with van der Waals surface area (Å²) in [6, 6.07) is 11.8. The summed E-state index contributed by atoms with van der Waals surface area (Å²) in [5, 5.41) is 8.67. The summed E-state index contributed by atoms with van der Waals surface area (Å²) in [6.07, 6.45) is 2.50. The van der Waals surface area contributed by atoms with Gasteiger partial charge in [0.2, 0.25) is 0 Å². The van der Waals surface area contributed by atoms with Gasteiger partial charge in [-0.2, -0.15) is 0 Å². The summed E-state index contributed by atoms with van der Waals surface area (Å²) in [7, 11) is 0. The van der Waals surface area contributed by atoms with E-state index in [0.717, 1.165) is 6.08 Å². The maximum absolute atomic E-state index is 13.4. The number of aliphatic carboxylic acids is 1. The Morgan fingerprint density at radius 2 is 2.00 bits per heavy atom. The van der Waals surface area contributed by atoms with Crippen LogP contribution in [0.5, 0.6) is 5.75 Å². The first-order valence-electron chi connectivity index (χ1n) is 6.13. The third-order valence-electron chi connectivity index (χ3n) is 2.74. The molecule has 0 heterocycles. The van der Waals surface area contributed by atoms with Gasteiger partial charge in [0.15, 0.2) is 0 Å². The second-order valence-electron chi connectivity index (χ2n) is 4.21. The Labute approximate surface area is 129 Å². The molecule has 0 saturated carbocycles. The molecule has 108 valence electrons. The molecule has 0 aliphatic rings. The number of hydrogen-bond donors (Lipinski definition) is 1. The van der Waals surface area contributed by atoms with Crippen LogP contribution in [0.1, 0.15) is 11.1 Å². The largest absolute Gasteiger partial charge is 0.488 e. The predicted octanol–water partition coefficient (Wildman–Crippen LogP) is 4.27. The standard InChI is InChI=1S/C16H12BrFO3/c17-16-12(5-3-6-13(16)18)10-21-14-7-2-1-4-11(14)8-9-15(19)20/h1-9H,10H2,(H,19,20)/b9-8+. The molecule has 0 saturated heterocycles. The van der Waals surface area contributed by atoms with E-state index in [9.17, 15) is 9.18 Å². The topological polar surface area (TPSA) is 46.5 Å². The van der Waals surface area contributed by atoms with Crippen LogP contribution >= 0.6 is 15.9 Å². The van der Waals surface area contributed by atoms with Crippen molar-refractivity contribution in [3.63, 3.8) is 0 Å². The van der Waals surface area contributed by atoms with Crippen LogP contribution in [0.2, 0.25) is 0 Å². The smallest absolute Gasteiger partial charge is 0.328 e. The first-order valence-corrected chi connectivity index (χ1v) is 6.93. The van der Waals surface area contributed by atoms with Gasteiger partial charge in [-0.15, -0.1) is 0 Å². The van der Waals surface area contributed by atoms with Crippen molar-refractivity contribution in [1.82, 2.24) is 0 Å². The van der Waals surface area contributed by atoms with E-state index in [1.54, 1.807) is 36.4 Å². The highest BCUT2D eigenvalue weighted by molar-refractivity contribution is 9.10. The van der Waals surface area contributed by atoms with Gasteiger partial charge < -0.3 is 9.84 Å². The third kappa shape index (κ3) is 4.16. The van der Waals surface area contributed by atoms with Crippen molar-refractivity contribution in [2.24, 2.45) is 0 Å². The Balaban J connectivity index is 2.17. The van der Waals surface area contributed by atoms with E-state index in [-0.39, 0.29) is 12.4 Å². The molecule has 0 radical (unpaired) electrons. The van der Waals surface area contributed by atoms with Gasteiger partial charge in [-0.3, -0.25) is 0 Å². The molecule has 2 rings (SSSR count). The van der Waals surface area contributed by atoms with E-state index < -0.39 is 5.97 Å². The van der Waals surface area contributed by atoms with Gasteiger partial charge in [-0.05, 0) is 34.1 Å². The minimum atomic E-state index is -1.03. The van der Waals surface area contributed by atoms with Gasteiger partial charge in [0, 0.05) is 17.2 Å². The monoisotopic (exact) mass is 350 g/mol. The van der Waals surface area contributed by atoms with Gasteiger partial charge in [0.25, 0.3) is 0 Å². The molecule has 0 bridgehead atoms. The zero-order chi connectivity index (χ0) is 15.2. The molecule has 0 aliphatic heterocycles. The van der Waals surface area contributed by atoms with Crippen LogP contribution < -0.4 is 4.74 Å². The fourth-order valence-electron chi connectivity index (χ4n) is 1.73. The van der Waals surface area contributed by atoms with Crippen LogP contribution in [0.25, 0.3) is 6.08 Å². The number of rotatable bonds is 5. The lowest BCUT2D eigenvalue weighted by Gasteiger charge is -2.10. The molecule has 0 unspecified atom stereocenters. The summed E-state index contributed by atoms with van der Waals surface area (Å²) >= 11 is 3.18. The summed E-state index contributed by atoms with van der Waals surface area (Å²) in [5.74, 6) is -0.848. The second-order valence-corrected chi connectivity index (χ2v) is 5.00. The number of carboxylic acid groups (broad SMARTS) is 1. The van der Waals surface area contributed by atoms with E-state index in [1.807, 2.05) is 0 Å². The van der Waals surface area contributed by atoms with Gasteiger partial charge in [-0.1, -0.05) is 30.3 Å². The highest BCUT2D eigenvalue weighted by atomic mass is 79.9. The lowest BCUT2D eigenvalue weighted by molar-refractivity contribution is -0.131. The Kier molecular flexibility index (Phi) is 5.11. The summed E-state index contributed by atoms with van der Waals surface area (Å²) in [4.78, 5) is 10.6. The number of ether oxygens (including phenoxy) is 1. The maximum Gasteiger partial charge on any atom is 0.328 e. The van der Waals surface area contributed by atoms with Gasteiger partial charge in [0.05, 0.1) is 4.47 Å². The quantitative estimate of drug-likeness (QED) is 0.819. The average Bonchev–Trinajstić information content (AvgIpc) is 2.47. The van der Waals surface area contributed by atoms with Crippen LogP contribution in [0, 0.1) is 5.82 Å². The van der Waals surface area contributed by atoms with Gasteiger partial charge in [0.1, 0.15) is 18.2 Å². The maximum atomic E-state index is 13.4. The van der Waals surface area contributed by atoms with Crippen LogP contribution in [0.15, 0.2) is 53.0 Å². The minimum absolute atomic E-state index is 0.177. The Hall–Kier alpha value is -2.14. The first-order chi connectivity index (χ1) is 10.1. The number of hydrogen-bond acceptors (Lipinski definition) is 2. The normalized spacial score (nSPS) is 10.8. The second kappa shape index (κ2) is 7.04. The predicted molar refractivity (Wildman–Crippen MR) is 81.5 cm³/mol. The van der Waals surface area contributed by atoms with Crippen LogP contribution in [-0.4, -0.2) is 11.1 Å². The molecule has 0 aliphatic carbocycles. The van der Waals surface area contributed by atoms with E-state index >= 15 is 0 Å². The molecule has 0 fully saturated rings. The van der Waals surface area contributed by atoms with Crippen molar-refractivity contribution in [2.75, 3.05) is 0 Å². The molecule has 0 amide bonds. The van der Waals surface area contributed by atoms with E-state index in [2.05, 4.69) is 15.9 Å². The highest BCUT2D eigenvalue weighted by Crippen LogP contribution is 2.24. The first kappa shape index (κ1) is 15.3. The molecule has 3 nitrogen and oxygen atoms in total. The number of para-hydroxylation sites is 1. The molecule has 0 spiro atoms. The summed E-state index contributed by atoms with van der Waals surface area (Å²) in [6.45, 7) is 0.177. The molecular weight excluding hydrogens is 339 g/mol. The van der Waals surface area contributed by atoms with E-state index in [4.69, 9.17) is 9.84 Å². The SMILES string of the molecule is O=C(O)/C=C/c1ccccc1OCc1cccc(F)c1Br. The van der Waals surface area contributed by atoms with E-state index in [0.29, 0.717) is 21.3 Å².